The van der Waals surface area contributed by atoms with E-state index in [0.717, 1.165) is 24.9 Å². The van der Waals surface area contributed by atoms with Gasteiger partial charge in [0.15, 0.2) is 0 Å². The van der Waals surface area contributed by atoms with E-state index in [0.29, 0.717) is 6.04 Å². The van der Waals surface area contributed by atoms with Gasteiger partial charge in [-0.05, 0) is 36.6 Å². The van der Waals surface area contributed by atoms with Gasteiger partial charge in [-0.25, -0.2) is 0 Å². The normalized spacial score (nSPS) is 10.8. The number of rotatable bonds is 5. The van der Waals surface area contributed by atoms with E-state index in [2.05, 4.69) is 0 Å². The fraction of sp³-hybridized carbons (Fsp3) is 0.400. The highest BCUT2D eigenvalue weighted by Crippen LogP contribution is 2.09. The van der Waals surface area contributed by atoms with E-state index in [1.54, 1.807) is 0 Å². The van der Waals surface area contributed by atoms with Crippen LogP contribution in [0.25, 0.3) is 0 Å². The van der Waals surface area contributed by atoms with Crippen LogP contribution >= 0.6 is 0 Å². The third-order valence-electron chi connectivity index (χ3n) is 2.16. The average molecular weight is 211 g/mol. The van der Waals surface area contributed by atoms with Crippen molar-refractivity contribution in [3.05, 3.63) is 29.8 Å². The van der Waals surface area contributed by atoms with Gasteiger partial charge in [0.2, 0.25) is 0 Å². The van der Waals surface area contributed by atoms with E-state index in [-0.39, 0.29) is 0 Å². The lowest BCUT2D eigenvalue weighted by molar-refractivity contribution is 0.402. The molecule has 0 fully saturated rings. The second kappa shape index (κ2) is 5.80. The highest BCUT2D eigenvalue weighted by atomic mass is 28.3. The van der Waals surface area contributed by atoms with Gasteiger partial charge in [0.05, 0.1) is 0 Å². The molecule has 0 aliphatic rings. The fourth-order valence-electron chi connectivity index (χ4n) is 1.34. The van der Waals surface area contributed by atoms with Gasteiger partial charge in [-0.2, -0.15) is 0 Å². The molecule has 0 radical (unpaired) electrons. The molecule has 78 valence electrons. The lowest BCUT2D eigenvalue weighted by Gasteiger charge is -2.02. The maximum atomic E-state index is 8.76. The van der Waals surface area contributed by atoms with Crippen molar-refractivity contribution in [1.29, 1.82) is 0 Å². The van der Waals surface area contributed by atoms with Crippen LogP contribution in [0, 0.1) is 0 Å². The molecule has 0 aliphatic carbocycles. The van der Waals surface area contributed by atoms with Crippen molar-refractivity contribution >= 4 is 15.0 Å². The summed E-state index contributed by atoms with van der Waals surface area (Å²) in [7, 11) is -2.32. The summed E-state index contributed by atoms with van der Waals surface area (Å²) >= 11 is 0. The van der Waals surface area contributed by atoms with Crippen LogP contribution in [0.15, 0.2) is 24.3 Å². The molecule has 0 unspecified atom stereocenters. The SMILES string of the molecule is Nc1ccc(CCCC[SiH](O)O)cc1. The third-order valence-corrected chi connectivity index (χ3v) is 3.08. The zero-order valence-corrected chi connectivity index (χ0v) is 9.34. The highest BCUT2D eigenvalue weighted by molar-refractivity contribution is 6.40. The zero-order chi connectivity index (χ0) is 10.4. The van der Waals surface area contributed by atoms with Crippen LogP contribution < -0.4 is 5.73 Å². The Morgan fingerprint density at radius 3 is 2.29 bits per heavy atom. The molecule has 1 aromatic carbocycles. The number of hydrogen-bond acceptors (Lipinski definition) is 3. The first-order valence-corrected chi connectivity index (χ1v) is 6.74. The molecule has 0 saturated heterocycles. The minimum atomic E-state index is -2.32. The Kier molecular flexibility index (Phi) is 4.65. The lowest BCUT2D eigenvalue weighted by Crippen LogP contribution is -2.09. The molecule has 14 heavy (non-hydrogen) atoms. The largest absolute Gasteiger partial charge is 0.413 e. The van der Waals surface area contributed by atoms with Crippen LogP contribution in [0.2, 0.25) is 6.04 Å². The minimum Gasteiger partial charge on any atom is -0.413 e. The summed E-state index contributed by atoms with van der Waals surface area (Å²) in [6.07, 6.45) is 2.89. The molecule has 3 nitrogen and oxygen atoms in total. The van der Waals surface area contributed by atoms with Gasteiger partial charge in [0.25, 0.3) is 0 Å². The van der Waals surface area contributed by atoms with Gasteiger partial charge in [0.1, 0.15) is 0 Å². The maximum Gasteiger partial charge on any atom is 0.315 e. The molecule has 0 aliphatic heterocycles. The molecule has 0 heterocycles. The van der Waals surface area contributed by atoms with Gasteiger partial charge in [-0.15, -0.1) is 0 Å². The molecule has 0 amide bonds. The van der Waals surface area contributed by atoms with Gasteiger partial charge in [0, 0.05) is 5.69 Å². The van der Waals surface area contributed by atoms with Crippen molar-refractivity contribution in [2.24, 2.45) is 0 Å². The lowest BCUT2D eigenvalue weighted by atomic mass is 10.1. The Labute approximate surface area is 86.0 Å². The van der Waals surface area contributed by atoms with Gasteiger partial charge in [-0.3, -0.25) is 0 Å². The monoisotopic (exact) mass is 211 g/mol. The van der Waals surface area contributed by atoms with Crippen molar-refractivity contribution in [3.8, 4) is 0 Å². The summed E-state index contributed by atoms with van der Waals surface area (Å²) in [6.45, 7) is 0. The second-order valence-corrected chi connectivity index (χ2v) is 5.01. The smallest absolute Gasteiger partial charge is 0.315 e. The van der Waals surface area contributed by atoms with E-state index in [1.807, 2.05) is 24.3 Å². The van der Waals surface area contributed by atoms with Crippen molar-refractivity contribution in [2.75, 3.05) is 5.73 Å². The van der Waals surface area contributed by atoms with Crippen LogP contribution in [0.1, 0.15) is 18.4 Å². The number of nitrogens with two attached hydrogens (primary N) is 1. The predicted molar refractivity (Wildman–Crippen MR) is 60.2 cm³/mol. The molecule has 4 heteroatoms. The van der Waals surface area contributed by atoms with E-state index in [9.17, 15) is 0 Å². The minimum absolute atomic E-state index is 0.592. The second-order valence-electron chi connectivity index (χ2n) is 3.47. The van der Waals surface area contributed by atoms with Gasteiger partial charge >= 0.3 is 9.28 Å². The summed E-state index contributed by atoms with van der Waals surface area (Å²) in [4.78, 5) is 17.5. The Hall–Kier alpha value is -0.843. The first-order chi connectivity index (χ1) is 6.68. The van der Waals surface area contributed by atoms with Crippen molar-refractivity contribution in [3.63, 3.8) is 0 Å². The molecule has 1 aromatic rings. The van der Waals surface area contributed by atoms with E-state index in [1.165, 1.54) is 5.56 Å². The molecule has 1 rings (SSSR count). The van der Waals surface area contributed by atoms with Crippen molar-refractivity contribution < 1.29 is 9.59 Å². The van der Waals surface area contributed by atoms with Crippen LogP contribution in [-0.4, -0.2) is 18.9 Å². The number of anilines is 1. The van der Waals surface area contributed by atoms with Gasteiger partial charge < -0.3 is 15.3 Å². The third kappa shape index (κ3) is 4.41. The van der Waals surface area contributed by atoms with Crippen molar-refractivity contribution in [2.45, 2.75) is 25.3 Å². The molecule has 0 spiro atoms. The molecule has 0 aromatic heterocycles. The molecule has 4 N–H and O–H groups in total. The highest BCUT2D eigenvalue weighted by Gasteiger charge is 2.00. The molecule has 0 saturated carbocycles. The zero-order valence-electron chi connectivity index (χ0n) is 8.19. The fourth-order valence-corrected chi connectivity index (χ4v) is 1.99. The first-order valence-electron chi connectivity index (χ1n) is 4.89. The topological polar surface area (TPSA) is 66.5 Å². The van der Waals surface area contributed by atoms with Crippen LogP contribution in [0.4, 0.5) is 5.69 Å². The Morgan fingerprint density at radius 1 is 1.07 bits per heavy atom. The summed E-state index contributed by atoms with van der Waals surface area (Å²) < 4.78 is 0. The number of aryl methyl sites for hydroxylation is 1. The van der Waals surface area contributed by atoms with Crippen LogP contribution in [0.3, 0.4) is 0 Å². The number of nitrogen functional groups attached to an aromatic ring is 1. The van der Waals surface area contributed by atoms with E-state index >= 15 is 0 Å². The maximum absolute atomic E-state index is 8.76. The number of benzene rings is 1. The van der Waals surface area contributed by atoms with Gasteiger partial charge in [-0.1, -0.05) is 18.6 Å². The van der Waals surface area contributed by atoms with Crippen molar-refractivity contribution in [1.82, 2.24) is 0 Å². The molecule has 0 bridgehead atoms. The summed E-state index contributed by atoms with van der Waals surface area (Å²) in [5.74, 6) is 0. The number of unbranched alkanes of at least 4 members (excludes halogenated alkanes) is 1. The summed E-state index contributed by atoms with van der Waals surface area (Å²) in [5, 5.41) is 0. The Balaban J connectivity index is 2.21. The van der Waals surface area contributed by atoms with E-state index in [4.69, 9.17) is 15.3 Å². The number of hydrogen-bond donors (Lipinski definition) is 3. The Bertz CT molecular complexity index is 261. The van der Waals surface area contributed by atoms with Crippen LogP contribution in [0.5, 0.6) is 0 Å². The van der Waals surface area contributed by atoms with E-state index < -0.39 is 9.28 Å². The Morgan fingerprint density at radius 2 is 1.71 bits per heavy atom. The molecular weight excluding hydrogens is 194 g/mol. The summed E-state index contributed by atoms with van der Waals surface area (Å²) in [6, 6.07) is 8.41. The first kappa shape index (κ1) is 11.2. The standard InChI is InChI=1S/C10H17NO2Si/c11-10-6-4-9(5-7-10)3-1-2-8-14(12)13/h4-7,12-14H,1-3,8,11H2. The predicted octanol–water partition coefficient (Wildman–Crippen LogP) is 0.797. The quantitative estimate of drug-likeness (QED) is 0.383. The van der Waals surface area contributed by atoms with Crippen LogP contribution in [-0.2, 0) is 6.42 Å². The summed E-state index contributed by atoms with van der Waals surface area (Å²) in [5.41, 5.74) is 7.60. The molecule has 0 atom stereocenters. The average Bonchev–Trinajstić information content (AvgIpc) is 2.15. The molecular formula is C10H17NO2Si.